The molecule has 1 rings (SSSR count). The monoisotopic (exact) mass is 276 g/mol. The van der Waals surface area contributed by atoms with Crippen molar-refractivity contribution in [2.45, 2.75) is 19.5 Å². The molecule has 0 aliphatic heterocycles. The zero-order chi connectivity index (χ0) is 14.5. The molecule has 1 heterocycles. The largest absolute Gasteiger partial charge is 0.406 e. The molecule has 1 amide bonds. The van der Waals surface area contributed by atoms with Gasteiger partial charge in [0.25, 0.3) is 5.91 Å². The van der Waals surface area contributed by atoms with Crippen molar-refractivity contribution in [3.8, 4) is 0 Å². The number of hydrogen-bond donors (Lipinski definition) is 2. The van der Waals surface area contributed by atoms with Crippen molar-refractivity contribution in [3.63, 3.8) is 0 Å². The number of carbonyl (C=O) groups is 1. The van der Waals surface area contributed by atoms with Crippen LogP contribution < -0.4 is 11.3 Å². The van der Waals surface area contributed by atoms with Crippen molar-refractivity contribution in [1.29, 1.82) is 0 Å². The van der Waals surface area contributed by atoms with Gasteiger partial charge in [0.1, 0.15) is 12.4 Å². The van der Waals surface area contributed by atoms with E-state index >= 15 is 0 Å². The second-order valence-electron chi connectivity index (χ2n) is 3.92. The molecule has 0 atom stereocenters. The third-order valence-electron chi connectivity index (χ3n) is 2.31. The third-order valence-corrected chi connectivity index (χ3v) is 2.31. The lowest BCUT2D eigenvalue weighted by Gasteiger charge is -2.23. The van der Waals surface area contributed by atoms with Gasteiger partial charge in [0.05, 0.1) is 0 Å². The lowest BCUT2D eigenvalue weighted by Crippen LogP contribution is -2.39. The lowest BCUT2D eigenvalue weighted by molar-refractivity contribution is -0.140. The Kier molecular flexibility index (Phi) is 5.11. The number of halogens is 3. The Morgan fingerprint density at radius 3 is 2.74 bits per heavy atom. The second kappa shape index (κ2) is 6.37. The molecule has 0 fully saturated rings. The number of pyridine rings is 1. The highest BCUT2D eigenvalue weighted by molar-refractivity contribution is 5.94. The van der Waals surface area contributed by atoms with Crippen LogP contribution in [0.5, 0.6) is 0 Å². The first-order chi connectivity index (χ1) is 8.87. The standard InChI is InChI=1S/C11H15F3N4O/c1-2-5-18(7-11(12,13)14)10(19)8-3-4-16-9(6-8)17-15/h3-4,6H,2,5,7,15H2,1H3,(H,16,17). The van der Waals surface area contributed by atoms with E-state index in [0.717, 1.165) is 4.90 Å². The van der Waals surface area contributed by atoms with Crippen LogP contribution in [0, 0.1) is 0 Å². The first kappa shape index (κ1) is 15.2. The summed E-state index contributed by atoms with van der Waals surface area (Å²) < 4.78 is 37.2. The quantitative estimate of drug-likeness (QED) is 0.635. The van der Waals surface area contributed by atoms with Crippen LogP contribution in [0.25, 0.3) is 0 Å². The van der Waals surface area contributed by atoms with Crippen molar-refractivity contribution in [3.05, 3.63) is 23.9 Å². The molecule has 1 aromatic heterocycles. The predicted octanol–water partition coefficient (Wildman–Crippen LogP) is 1.78. The maximum Gasteiger partial charge on any atom is 0.406 e. The van der Waals surface area contributed by atoms with Gasteiger partial charge in [-0.3, -0.25) is 4.79 Å². The fourth-order valence-electron chi connectivity index (χ4n) is 1.56. The summed E-state index contributed by atoms with van der Waals surface area (Å²) in [7, 11) is 0. The Morgan fingerprint density at radius 2 is 2.21 bits per heavy atom. The van der Waals surface area contributed by atoms with Crippen molar-refractivity contribution < 1.29 is 18.0 Å². The van der Waals surface area contributed by atoms with E-state index in [4.69, 9.17) is 5.84 Å². The lowest BCUT2D eigenvalue weighted by atomic mass is 10.2. The topological polar surface area (TPSA) is 71.2 Å². The molecule has 3 N–H and O–H groups in total. The van der Waals surface area contributed by atoms with E-state index in [-0.39, 0.29) is 17.9 Å². The fourth-order valence-corrected chi connectivity index (χ4v) is 1.56. The van der Waals surface area contributed by atoms with Gasteiger partial charge in [-0.05, 0) is 18.6 Å². The van der Waals surface area contributed by atoms with E-state index < -0.39 is 18.6 Å². The SMILES string of the molecule is CCCN(CC(F)(F)F)C(=O)c1ccnc(NN)c1. The summed E-state index contributed by atoms with van der Waals surface area (Å²) in [5.74, 6) is 4.66. The molecule has 0 aliphatic rings. The van der Waals surface area contributed by atoms with Crippen LogP contribution in [0.1, 0.15) is 23.7 Å². The molecule has 1 aromatic rings. The summed E-state index contributed by atoms with van der Waals surface area (Å²) in [6, 6.07) is 2.66. The fraction of sp³-hybridized carbons (Fsp3) is 0.455. The molecule has 106 valence electrons. The number of hydrazine groups is 1. The smallest absolute Gasteiger partial charge is 0.330 e. The number of alkyl halides is 3. The zero-order valence-corrected chi connectivity index (χ0v) is 10.4. The number of aromatic nitrogens is 1. The van der Waals surface area contributed by atoms with Gasteiger partial charge in [0, 0.05) is 18.3 Å². The van der Waals surface area contributed by atoms with Crippen LogP contribution in [0.15, 0.2) is 18.3 Å². The van der Waals surface area contributed by atoms with Crippen molar-refractivity contribution in [1.82, 2.24) is 9.88 Å². The van der Waals surface area contributed by atoms with Gasteiger partial charge >= 0.3 is 6.18 Å². The second-order valence-corrected chi connectivity index (χ2v) is 3.92. The summed E-state index contributed by atoms with van der Waals surface area (Å²) in [4.78, 5) is 16.6. The van der Waals surface area contributed by atoms with Crippen LogP contribution in [0.4, 0.5) is 19.0 Å². The van der Waals surface area contributed by atoms with Crippen LogP contribution in [-0.2, 0) is 0 Å². The molecule has 19 heavy (non-hydrogen) atoms. The number of rotatable bonds is 5. The average molecular weight is 276 g/mol. The number of anilines is 1. The number of carbonyl (C=O) groups excluding carboxylic acids is 1. The van der Waals surface area contributed by atoms with E-state index in [1.807, 2.05) is 0 Å². The first-order valence-corrected chi connectivity index (χ1v) is 5.66. The van der Waals surface area contributed by atoms with Crippen molar-refractivity contribution in [2.75, 3.05) is 18.5 Å². The highest BCUT2D eigenvalue weighted by Crippen LogP contribution is 2.19. The molecular formula is C11H15F3N4O. The van der Waals surface area contributed by atoms with Crippen LogP contribution in [-0.4, -0.2) is 35.1 Å². The van der Waals surface area contributed by atoms with Gasteiger partial charge in [0.15, 0.2) is 0 Å². The summed E-state index contributed by atoms with van der Waals surface area (Å²) in [5.41, 5.74) is 2.35. The number of nitrogen functional groups attached to an aromatic ring is 1. The molecule has 0 aliphatic carbocycles. The van der Waals surface area contributed by atoms with Gasteiger partial charge in [-0.25, -0.2) is 10.8 Å². The molecule has 0 saturated heterocycles. The van der Waals surface area contributed by atoms with Crippen molar-refractivity contribution >= 4 is 11.7 Å². The Morgan fingerprint density at radius 1 is 1.53 bits per heavy atom. The Hall–Kier alpha value is -1.83. The minimum absolute atomic E-state index is 0.0338. The summed E-state index contributed by atoms with van der Waals surface area (Å²) in [6.45, 7) is 0.468. The molecule has 0 radical (unpaired) electrons. The van der Waals surface area contributed by atoms with E-state index in [9.17, 15) is 18.0 Å². The maximum atomic E-state index is 12.4. The average Bonchev–Trinajstić information content (AvgIpc) is 2.36. The van der Waals surface area contributed by atoms with E-state index in [1.165, 1.54) is 18.3 Å². The minimum atomic E-state index is -4.42. The molecule has 0 saturated carbocycles. The van der Waals surface area contributed by atoms with E-state index in [0.29, 0.717) is 6.42 Å². The summed E-state index contributed by atoms with van der Waals surface area (Å²) in [5, 5.41) is 0. The highest BCUT2D eigenvalue weighted by Gasteiger charge is 2.33. The molecule has 0 unspecified atom stereocenters. The van der Waals surface area contributed by atoms with E-state index in [1.54, 1.807) is 6.92 Å². The Bertz CT molecular complexity index is 436. The molecule has 0 spiro atoms. The Balaban J connectivity index is 2.91. The molecule has 0 bridgehead atoms. The number of amides is 1. The third kappa shape index (κ3) is 4.74. The summed E-state index contributed by atoms with van der Waals surface area (Å²) in [6.07, 6.45) is -2.68. The minimum Gasteiger partial charge on any atom is -0.330 e. The summed E-state index contributed by atoms with van der Waals surface area (Å²) >= 11 is 0. The predicted molar refractivity (Wildman–Crippen MR) is 64.3 cm³/mol. The number of hydrogen-bond acceptors (Lipinski definition) is 4. The van der Waals surface area contributed by atoms with Gasteiger partial charge < -0.3 is 10.3 Å². The first-order valence-electron chi connectivity index (χ1n) is 5.66. The zero-order valence-electron chi connectivity index (χ0n) is 10.4. The number of nitrogens with two attached hydrogens (primary N) is 1. The molecule has 5 nitrogen and oxygen atoms in total. The molecule has 0 aromatic carbocycles. The van der Waals surface area contributed by atoms with Crippen molar-refractivity contribution in [2.24, 2.45) is 5.84 Å². The molecular weight excluding hydrogens is 261 g/mol. The van der Waals surface area contributed by atoms with Crippen LogP contribution >= 0.6 is 0 Å². The number of nitrogens with zero attached hydrogens (tertiary/aromatic N) is 2. The van der Waals surface area contributed by atoms with Gasteiger partial charge in [-0.2, -0.15) is 13.2 Å². The van der Waals surface area contributed by atoms with Crippen LogP contribution in [0.2, 0.25) is 0 Å². The normalized spacial score (nSPS) is 11.2. The van der Waals surface area contributed by atoms with Gasteiger partial charge in [-0.15, -0.1) is 0 Å². The van der Waals surface area contributed by atoms with Gasteiger partial charge in [-0.1, -0.05) is 6.92 Å². The number of nitrogens with one attached hydrogen (secondary N) is 1. The maximum absolute atomic E-state index is 12.4. The highest BCUT2D eigenvalue weighted by atomic mass is 19.4. The Labute approximate surface area is 108 Å². The molecule has 8 heteroatoms. The van der Waals surface area contributed by atoms with E-state index in [2.05, 4.69) is 10.4 Å². The van der Waals surface area contributed by atoms with Gasteiger partial charge in [0.2, 0.25) is 0 Å². The van der Waals surface area contributed by atoms with Crippen LogP contribution in [0.3, 0.4) is 0 Å².